The number of fused-ring (bicyclic) bond motifs is 1. The van der Waals surface area contributed by atoms with Gasteiger partial charge in [-0.1, -0.05) is 5.16 Å². The number of rotatable bonds is 2. The molecule has 0 aliphatic carbocycles. The smallest absolute Gasteiger partial charge is 0.433 e. The molecule has 0 amide bonds. The summed E-state index contributed by atoms with van der Waals surface area (Å²) in [6, 6.07) is 2.20. The predicted octanol–water partition coefficient (Wildman–Crippen LogP) is 2.27. The molecule has 4 heterocycles. The first kappa shape index (κ1) is 15.9. The number of hydrogen-bond donors (Lipinski definition) is 1. The van der Waals surface area contributed by atoms with Crippen LogP contribution in [0.5, 0.6) is 5.75 Å². The van der Waals surface area contributed by atoms with Crippen LogP contribution in [0.15, 0.2) is 29.0 Å². The van der Waals surface area contributed by atoms with E-state index in [2.05, 4.69) is 30.2 Å². The van der Waals surface area contributed by atoms with Crippen molar-refractivity contribution >= 4 is 5.65 Å². The van der Waals surface area contributed by atoms with E-state index in [0.29, 0.717) is 4.52 Å². The zero-order valence-corrected chi connectivity index (χ0v) is 12.9. The van der Waals surface area contributed by atoms with E-state index in [1.165, 1.54) is 13.0 Å². The lowest BCUT2D eigenvalue weighted by atomic mass is 10.3. The van der Waals surface area contributed by atoms with Gasteiger partial charge in [0.2, 0.25) is 11.6 Å². The average molecular weight is 363 g/mol. The second-order valence-corrected chi connectivity index (χ2v) is 5.27. The Kier molecular flexibility index (Phi) is 3.35. The lowest BCUT2D eigenvalue weighted by molar-refractivity contribution is -0.142. The van der Waals surface area contributed by atoms with Gasteiger partial charge in [-0.05, 0) is 13.0 Å². The molecule has 4 aromatic heterocycles. The van der Waals surface area contributed by atoms with Crippen LogP contribution in [0.25, 0.3) is 28.9 Å². The molecule has 0 bridgehead atoms. The van der Waals surface area contributed by atoms with Crippen LogP contribution in [0.2, 0.25) is 0 Å². The summed E-state index contributed by atoms with van der Waals surface area (Å²) in [5.41, 5.74) is -0.757. The average Bonchev–Trinajstić information content (AvgIpc) is 3.20. The van der Waals surface area contributed by atoms with Gasteiger partial charge in [0.05, 0.1) is 12.4 Å². The van der Waals surface area contributed by atoms with E-state index in [1.54, 1.807) is 0 Å². The molecule has 0 atom stereocenters. The van der Waals surface area contributed by atoms with Crippen LogP contribution in [0, 0.1) is 6.92 Å². The molecular weight excluding hydrogens is 355 g/mol. The third kappa shape index (κ3) is 2.70. The van der Waals surface area contributed by atoms with Crippen LogP contribution in [0.3, 0.4) is 0 Å². The Balaban J connectivity index is 1.79. The summed E-state index contributed by atoms with van der Waals surface area (Å²) in [4.78, 5) is 15.7. The number of nitrogens with zero attached hydrogens (tertiary/aromatic N) is 7. The van der Waals surface area contributed by atoms with Gasteiger partial charge in [-0.15, -0.1) is 0 Å². The van der Waals surface area contributed by atoms with Gasteiger partial charge in [0, 0.05) is 11.8 Å². The molecule has 0 aliphatic rings. The standard InChI is InChI=1S/C14H8F3N7O2/c1-6-2-9(14(15,16)17)24-10(20-6)3-8(22-24)13-21-12(23-26-13)11-18-4-7(25)5-19-11/h2-5,25H,1H3. The molecule has 0 aromatic carbocycles. The molecule has 1 N–H and O–H groups in total. The third-order valence-electron chi connectivity index (χ3n) is 3.33. The summed E-state index contributed by atoms with van der Waals surface area (Å²) < 4.78 is 45.3. The highest BCUT2D eigenvalue weighted by atomic mass is 19.4. The minimum atomic E-state index is -4.60. The monoisotopic (exact) mass is 363 g/mol. The molecule has 0 saturated carbocycles. The molecule has 0 spiro atoms. The minimum Gasteiger partial charge on any atom is -0.505 e. The topological polar surface area (TPSA) is 115 Å². The van der Waals surface area contributed by atoms with Crippen molar-refractivity contribution in [3.8, 4) is 29.0 Å². The van der Waals surface area contributed by atoms with Crippen molar-refractivity contribution in [2.24, 2.45) is 0 Å². The van der Waals surface area contributed by atoms with Crippen molar-refractivity contribution in [1.29, 1.82) is 0 Å². The maximum absolute atomic E-state index is 13.2. The van der Waals surface area contributed by atoms with Gasteiger partial charge in [0.15, 0.2) is 17.1 Å². The highest BCUT2D eigenvalue weighted by Gasteiger charge is 2.35. The Hall–Kier alpha value is -3.57. The van der Waals surface area contributed by atoms with Gasteiger partial charge >= 0.3 is 6.18 Å². The fraction of sp³-hybridized carbons (Fsp3) is 0.143. The summed E-state index contributed by atoms with van der Waals surface area (Å²) in [5.74, 6) is -0.185. The highest BCUT2D eigenvalue weighted by molar-refractivity contribution is 5.58. The molecule has 26 heavy (non-hydrogen) atoms. The Morgan fingerprint density at radius 1 is 1.08 bits per heavy atom. The predicted molar refractivity (Wildman–Crippen MR) is 78.7 cm³/mol. The zero-order valence-electron chi connectivity index (χ0n) is 12.9. The largest absolute Gasteiger partial charge is 0.505 e. The second-order valence-electron chi connectivity index (χ2n) is 5.27. The first-order chi connectivity index (χ1) is 12.3. The van der Waals surface area contributed by atoms with E-state index in [0.717, 1.165) is 18.5 Å². The van der Waals surface area contributed by atoms with Crippen molar-refractivity contribution in [2.75, 3.05) is 0 Å². The quantitative estimate of drug-likeness (QED) is 0.577. The normalized spacial score (nSPS) is 12.0. The minimum absolute atomic E-state index is 0.00255. The number of halogens is 3. The van der Waals surface area contributed by atoms with E-state index < -0.39 is 11.9 Å². The first-order valence-electron chi connectivity index (χ1n) is 7.11. The van der Waals surface area contributed by atoms with Crippen molar-refractivity contribution in [1.82, 2.24) is 34.7 Å². The third-order valence-corrected chi connectivity index (χ3v) is 3.33. The molecule has 4 aromatic rings. The molecule has 0 unspecified atom stereocenters. The van der Waals surface area contributed by atoms with E-state index in [1.807, 2.05) is 0 Å². The molecule has 0 fully saturated rings. The highest BCUT2D eigenvalue weighted by Crippen LogP contribution is 2.31. The van der Waals surface area contributed by atoms with Crippen LogP contribution in [-0.4, -0.2) is 39.8 Å². The van der Waals surface area contributed by atoms with Gasteiger partial charge in [0.25, 0.3) is 5.89 Å². The molecule has 12 heteroatoms. The van der Waals surface area contributed by atoms with Gasteiger partial charge < -0.3 is 9.63 Å². The Morgan fingerprint density at radius 3 is 2.50 bits per heavy atom. The fourth-order valence-corrected chi connectivity index (χ4v) is 2.26. The van der Waals surface area contributed by atoms with E-state index in [-0.39, 0.29) is 40.3 Å². The summed E-state index contributed by atoms with van der Waals surface area (Å²) in [7, 11) is 0. The van der Waals surface area contributed by atoms with E-state index in [4.69, 9.17) is 4.52 Å². The van der Waals surface area contributed by atoms with Gasteiger partial charge in [-0.2, -0.15) is 23.3 Å². The molecule has 0 aliphatic heterocycles. The molecule has 132 valence electrons. The van der Waals surface area contributed by atoms with Crippen molar-refractivity contribution in [2.45, 2.75) is 13.1 Å². The Bertz CT molecular complexity index is 1100. The van der Waals surface area contributed by atoms with Crippen LogP contribution in [0.4, 0.5) is 13.2 Å². The molecule has 9 nitrogen and oxygen atoms in total. The first-order valence-corrected chi connectivity index (χ1v) is 7.11. The molecule has 4 rings (SSSR count). The van der Waals surface area contributed by atoms with Gasteiger partial charge in [-0.3, -0.25) is 0 Å². The zero-order chi connectivity index (χ0) is 18.5. The van der Waals surface area contributed by atoms with E-state index in [9.17, 15) is 18.3 Å². The number of aromatic hydroxyl groups is 1. The van der Waals surface area contributed by atoms with Gasteiger partial charge in [-0.25, -0.2) is 19.5 Å². The van der Waals surface area contributed by atoms with Crippen molar-refractivity contribution < 1.29 is 22.8 Å². The van der Waals surface area contributed by atoms with Crippen LogP contribution in [0.1, 0.15) is 11.4 Å². The summed E-state index contributed by atoms with van der Waals surface area (Å²) in [5, 5.41) is 16.7. The summed E-state index contributed by atoms with van der Waals surface area (Å²) in [6.07, 6.45) is -2.31. The Morgan fingerprint density at radius 2 is 1.81 bits per heavy atom. The maximum Gasteiger partial charge on any atom is 0.433 e. The lowest BCUT2D eigenvalue weighted by Crippen LogP contribution is -2.13. The van der Waals surface area contributed by atoms with Crippen molar-refractivity contribution in [3.63, 3.8) is 0 Å². The second kappa shape index (κ2) is 5.47. The van der Waals surface area contributed by atoms with Crippen molar-refractivity contribution in [3.05, 3.63) is 35.9 Å². The summed E-state index contributed by atoms with van der Waals surface area (Å²) in [6.45, 7) is 1.45. The van der Waals surface area contributed by atoms with Crippen LogP contribution in [-0.2, 0) is 6.18 Å². The number of alkyl halides is 3. The lowest BCUT2D eigenvalue weighted by Gasteiger charge is -2.08. The fourth-order valence-electron chi connectivity index (χ4n) is 2.26. The van der Waals surface area contributed by atoms with Crippen LogP contribution < -0.4 is 0 Å². The number of hydrogen-bond acceptors (Lipinski definition) is 8. The van der Waals surface area contributed by atoms with Crippen LogP contribution >= 0.6 is 0 Å². The molecular formula is C14H8F3N7O2. The molecule has 0 radical (unpaired) electrons. The maximum atomic E-state index is 13.2. The summed E-state index contributed by atoms with van der Waals surface area (Å²) >= 11 is 0. The number of aryl methyl sites for hydroxylation is 1. The number of aromatic nitrogens is 7. The Labute approximate surface area is 142 Å². The van der Waals surface area contributed by atoms with Gasteiger partial charge in [0.1, 0.15) is 5.69 Å². The SMILES string of the molecule is Cc1cc(C(F)(F)F)n2nc(-c3nc(-c4ncc(O)cn4)no3)cc2n1. The molecule has 0 saturated heterocycles. The van der Waals surface area contributed by atoms with E-state index >= 15 is 0 Å².